The molecule has 2 amide bonds. The summed E-state index contributed by atoms with van der Waals surface area (Å²) in [6, 6.07) is -0.0330. The summed E-state index contributed by atoms with van der Waals surface area (Å²) in [7, 11) is 2.07. The van der Waals surface area contributed by atoms with Gasteiger partial charge >= 0.3 is 6.03 Å². The number of rotatable bonds is 2. The van der Waals surface area contributed by atoms with Crippen molar-refractivity contribution in [1.82, 2.24) is 15.1 Å². The van der Waals surface area contributed by atoms with Crippen molar-refractivity contribution in [1.29, 1.82) is 0 Å². The minimum atomic E-state index is -0.0546. The Morgan fingerprint density at radius 1 is 1.44 bits per heavy atom. The molecule has 0 aromatic rings. The first-order valence-electron chi connectivity index (χ1n) is 6.02. The maximum absolute atomic E-state index is 11.5. The zero-order chi connectivity index (χ0) is 12.2. The number of nitrogens with zero attached hydrogens (tertiary/aromatic N) is 2. The van der Waals surface area contributed by atoms with Crippen LogP contribution in [-0.2, 0) is 0 Å². The number of amides is 2. The summed E-state index contributed by atoms with van der Waals surface area (Å²) in [5.41, 5.74) is -0.0546. The molecule has 5 nitrogen and oxygen atoms in total. The summed E-state index contributed by atoms with van der Waals surface area (Å²) in [6.07, 6.45) is 1.01. The zero-order valence-corrected chi connectivity index (χ0v) is 10.5. The second kappa shape index (κ2) is 5.50. The van der Waals surface area contributed by atoms with Crippen molar-refractivity contribution in [2.24, 2.45) is 0 Å². The van der Waals surface area contributed by atoms with Crippen LogP contribution in [0.5, 0.6) is 0 Å². The number of aliphatic hydroxyl groups is 1. The molecule has 2 heterocycles. The standard InChI is InChI=1S/C9H17N3O2.C2H6/c1-11-3-2-9(6-11)7-12(4-5-13)8(14)10-9;1-2/h13H,2-7H2,1H3,(H,10,14);1-2H3. The third-order valence-corrected chi connectivity index (χ3v) is 3.07. The molecule has 2 N–H and O–H groups in total. The minimum absolute atomic E-state index is 0.0330. The number of likely N-dealkylation sites (N-methyl/N-ethyl adjacent to an activating group) is 1. The molecule has 1 atom stereocenters. The Morgan fingerprint density at radius 3 is 2.62 bits per heavy atom. The van der Waals surface area contributed by atoms with E-state index in [1.54, 1.807) is 4.90 Å². The fourth-order valence-electron chi connectivity index (χ4n) is 2.39. The van der Waals surface area contributed by atoms with E-state index >= 15 is 0 Å². The van der Waals surface area contributed by atoms with Crippen LogP contribution in [0.15, 0.2) is 0 Å². The first-order valence-corrected chi connectivity index (χ1v) is 6.02. The number of β-amino-alcohol motifs (C(OH)–C–C–N with tert-alkyl or cyclic N) is 1. The average Bonchev–Trinajstić information content (AvgIpc) is 2.76. The molecule has 1 spiro atoms. The number of carbonyl (C=O) groups excluding carboxylic acids is 1. The summed E-state index contributed by atoms with van der Waals surface area (Å²) >= 11 is 0. The van der Waals surface area contributed by atoms with Gasteiger partial charge in [-0.15, -0.1) is 0 Å². The quantitative estimate of drug-likeness (QED) is 0.706. The first kappa shape index (κ1) is 13.3. The molecule has 1 unspecified atom stereocenters. The molecule has 16 heavy (non-hydrogen) atoms. The van der Waals surface area contributed by atoms with Gasteiger partial charge in [0.2, 0.25) is 0 Å². The predicted molar refractivity (Wildman–Crippen MR) is 63.4 cm³/mol. The molecule has 0 aliphatic carbocycles. The molecule has 2 aliphatic rings. The van der Waals surface area contributed by atoms with Crippen molar-refractivity contribution in [2.75, 3.05) is 39.8 Å². The van der Waals surface area contributed by atoms with Gasteiger partial charge in [-0.25, -0.2) is 4.79 Å². The first-order chi connectivity index (χ1) is 7.65. The van der Waals surface area contributed by atoms with Crippen LogP contribution in [0.1, 0.15) is 20.3 Å². The third kappa shape index (κ3) is 2.65. The summed E-state index contributed by atoms with van der Waals surface area (Å²) in [5, 5.41) is 11.8. The summed E-state index contributed by atoms with van der Waals surface area (Å²) < 4.78 is 0. The highest BCUT2D eigenvalue weighted by Crippen LogP contribution is 2.25. The molecule has 2 fully saturated rings. The lowest BCUT2D eigenvalue weighted by Gasteiger charge is -2.22. The van der Waals surface area contributed by atoms with Crippen LogP contribution in [0.25, 0.3) is 0 Å². The van der Waals surface area contributed by atoms with Crippen molar-refractivity contribution < 1.29 is 9.90 Å². The van der Waals surface area contributed by atoms with Gasteiger partial charge in [0, 0.05) is 26.2 Å². The number of urea groups is 1. The summed E-state index contributed by atoms with van der Waals surface area (Å²) in [6.45, 7) is 7.17. The molecule has 0 aromatic heterocycles. The van der Waals surface area contributed by atoms with E-state index in [1.807, 2.05) is 13.8 Å². The Balaban J connectivity index is 0.000000606. The van der Waals surface area contributed by atoms with Gasteiger partial charge in [-0.1, -0.05) is 13.8 Å². The van der Waals surface area contributed by atoms with Crippen LogP contribution in [0.3, 0.4) is 0 Å². The van der Waals surface area contributed by atoms with E-state index in [0.29, 0.717) is 6.54 Å². The third-order valence-electron chi connectivity index (χ3n) is 3.07. The van der Waals surface area contributed by atoms with Gasteiger partial charge in [-0.3, -0.25) is 0 Å². The van der Waals surface area contributed by atoms with Crippen LogP contribution < -0.4 is 5.32 Å². The predicted octanol–water partition coefficient (Wildman–Crippen LogP) is 0.104. The zero-order valence-electron chi connectivity index (χ0n) is 10.5. The van der Waals surface area contributed by atoms with E-state index in [2.05, 4.69) is 17.3 Å². The number of nitrogens with one attached hydrogen (secondary N) is 1. The fourth-order valence-corrected chi connectivity index (χ4v) is 2.39. The molecule has 2 aliphatic heterocycles. The van der Waals surface area contributed by atoms with Gasteiger partial charge in [0.05, 0.1) is 12.1 Å². The molecule has 0 aromatic carbocycles. The van der Waals surface area contributed by atoms with E-state index in [1.165, 1.54) is 0 Å². The van der Waals surface area contributed by atoms with E-state index in [4.69, 9.17) is 5.11 Å². The van der Waals surface area contributed by atoms with Gasteiger partial charge in [0.15, 0.2) is 0 Å². The molecule has 2 rings (SSSR count). The normalized spacial score (nSPS) is 29.2. The van der Waals surface area contributed by atoms with Crippen LogP contribution in [0.2, 0.25) is 0 Å². The topological polar surface area (TPSA) is 55.8 Å². The minimum Gasteiger partial charge on any atom is -0.395 e. The van der Waals surface area contributed by atoms with Crippen LogP contribution >= 0.6 is 0 Å². The number of carbonyl (C=O) groups is 1. The van der Waals surface area contributed by atoms with Gasteiger partial charge in [-0.2, -0.15) is 0 Å². The highest BCUT2D eigenvalue weighted by molar-refractivity contribution is 5.78. The van der Waals surface area contributed by atoms with Crippen LogP contribution in [-0.4, -0.2) is 66.3 Å². The van der Waals surface area contributed by atoms with E-state index in [-0.39, 0.29) is 18.2 Å². The Morgan fingerprint density at radius 2 is 2.12 bits per heavy atom. The van der Waals surface area contributed by atoms with Crippen molar-refractivity contribution in [2.45, 2.75) is 25.8 Å². The van der Waals surface area contributed by atoms with Crippen molar-refractivity contribution >= 4 is 6.03 Å². The summed E-state index contributed by atoms with van der Waals surface area (Å²) in [4.78, 5) is 15.4. The molecule has 0 bridgehead atoms. The fraction of sp³-hybridized carbons (Fsp3) is 0.909. The lowest BCUT2D eigenvalue weighted by molar-refractivity contribution is 0.195. The van der Waals surface area contributed by atoms with Crippen LogP contribution in [0.4, 0.5) is 4.79 Å². The highest BCUT2D eigenvalue weighted by Gasteiger charge is 2.45. The lowest BCUT2D eigenvalue weighted by atomic mass is 10.0. The van der Waals surface area contributed by atoms with Crippen LogP contribution in [0, 0.1) is 0 Å². The van der Waals surface area contributed by atoms with Gasteiger partial charge < -0.3 is 20.2 Å². The molecule has 2 saturated heterocycles. The Hall–Kier alpha value is -0.810. The SMILES string of the molecule is CC.CN1CCC2(C1)CN(CCO)C(=O)N2. The Bertz CT molecular complexity index is 247. The largest absolute Gasteiger partial charge is 0.395 e. The average molecular weight is 229 g/mol. The van der Waals surface area contributed by atoms with Gasteiger partial charge in [0.25, 0.3) is 0 Å². The second-order valence-corrected chi connectivity index (χ2v) is 4.34. The maximum atomic E-state index is 11.5. The maximum Gasteiger partial charge on any atom is 0.318 e. The Kier molecular flexibility index (Phi) is 4.56. The number of hydrogen-bond acceptors (Lipinski definition) is 3. The molecule has 94 valence electrons. The molecule has 5 heteroatoms. The molecular weight excluding hydrogens is 206 g/mol. The number of hydrogen-bond donors (Lipinski definition) is 2. The molecular formula is C11H23N3O2. The van der Waals surface area contributed by atoms with Crippen molar-refractivity contribution in [3.63, 3.8) is 0 Å². The smallest absolute Gasteiger partial charge is 0.318 e. The van der Waals surface area contributed by atoms with Crippen molar-refractivity contribution in [3.8, 4) is 0 Å². The summed E-state index contributed by atoms with van der Waals surface area (Å²) in [5.74, 6) is 0. The van der Waals surface area contributed by atoms with Gasteiger partial charge in [-0.05, 0) is 13.5 Å². The Labute approximate surface area is 97.4 Å². The molecule has 0 saturated carbocycles. The number of likely N-dealkylation sites (tertiary alicyclic amines) is 1. The van der Waals surface area contributed by atoms with E-state index in [0.717, 1.165) is 26.1 Å². The molecule has 0 radical (unpaired) electrons. The van der Waals surface area contributed by atoms with Crippen molar-refractivity contribution in [3.05, 3.63) is 0 Å². The lowest BCUT2D eigenvalue weighted by Crippen LogP contribution is -2.45. The number of aliphatic hydroxyl groups excluding tert-OH is 1. The highest BCUT2D eigenvalue weighted by atomic mass is 16.3. The van der Waals surface area contributed by atoms with E-state index in [9.17, 15) is 4.79 Å². The van der Waals surface area contributed by atoms with E-state index < -0.39 is 0 Å². The second-order valence-electron chi connectivity index (χ2n) is 4.34. The van der Waals surface area contributed by atoms with Gasteiger partial charge in [0.1, 0.15) is 0 Å². The monoisotopic (exact) mass is 229 g/mol.